The molecule has 1 N–H and O–H groups in total. The fraction of sp³-hybridized carbons (Fsp3) is 1.00. The van der Waals surface area contributed by atoms with Crippen LogP contribution in [0.1, 0.15) is 93.9 Å². The van der Waals surface area contributed by atoms with Gasteiger partial charge in [-0.2, -0.15) is 0 Å². The van der Waals surface area contributed by atoms with E-state index in [0.717, 1.165) is 5.92 Å². The predicted octanol–water partition coefficient (Wildman–Crippen LogP) is 6.03. The number of hydrogen-bond donors (Lipinski definition) is 1. The van der Waals surface area contributed by atoms with Gasteiger partial charge in [-0.1, -0.05) is 55.4 Å². The molecule has 0 unspecified atom stereocenters. The molecule has 0 radical (unpaired) electrons. The highest BCUT2D eigenvalue weighted by atomic mass is 14.9. The summed E-state index contributed by atoms with van der Waals surface area (Å²) >= 11 is 0. The van der Waals surface area contributed by atoms with Crippen molar-refractivity contribution in [3.8, 4) is 0 Å². The van der Waals surface area contributed by atoms with Crippen LogP contribution in [0.5, 0.6) is 0 Å². The number of nitrogens with one attached hydrogen (secondary N) is 1. The minimum Gasteiger partial charge on any atom is -0.314 e. The van der Waals surface area contributed by atoms with Crippen LogP contribution in [0.3, 0.4) is 0 Å². The smallest absolute Gasteiger partial charge is 0.00106 e. The zero-order valence-electron chi connectivity index (χ0n) is 16.1. The molecule has 0 aliphatic heterocycles. The van der Waals surface area contributed by atoms with Gasteiger partial charge in [0.2, 0.25) is 0 Å². The molecule has 1 aliphatic carbocycles. The monoisotopic (exact) mass is 295 g/mol. The Morgan fingerprint density at radius 2 is 1.52 bits per heavy atom. The topological polar surface area (TPSA) is 12.0 Å². The van der Waals surface area contributed by atoms with Crippen LogP contribution in [0.4, 0.5) is 0 Å². The number of rotatable bonds is 5. The second kappa shape index (κ2) is 7.02. The van der Waals surface area contributed by atoms with E-state index in [1.54, 1.807) is 0 Å². The van der Waals surface area contributed by atoms with Crippen LogP contribution in [0.2, 0.25) is 0 Å². The minimum absolute atomic E-state index is 0.464. The molecule has 1 nitrogen and oxygen atoms in total. The average molecular weight is 296 g/mol. The maximum Gasteiger partial charge on any atom is 0.00106 e. The SMILES string of the molecule is CC(C)NCC1(CCC(C)(C)C)CCC(C(C)(C)C)CC1. The summed E-state index contributed by atoms with van der Waals surface area (Å²) < 4.78 is 0. The third-order valence-corrected chi connectivity index (χ3v) is 5.56. The fourth-order valence-corrected chi connectivity index (χ4v) is 3.67. The quantitative estimate of drug-likeness (QED) is 0.652. The Labute approximate surface area is 134 Å². The molecule has 0 heterocycles. The van der Waals surface area contributed by atoms with Crippen LogP contribution in [0.25, 0.3) is 0 Å². The van der Waals surface area contributed by atoms with Crippen LogP contribution in [0, 0.1) is 22.2 Å². The van der Waals surface area contributed by atoms with Gasteiger partial charge in [-0.25, -0.2) is 0 Å². The Balaban J connectivity index is 2.67. The summed E-state index contributed by atoms with van der Waals surface area (Å²) in [5.74, 6) is 0.916. The summed E-state index contributed by atoms with van der Waals surface area (Å²) in [4.78, 5) is 0. The van der Waals surface area contributed by atoms with E-state index in [2.05, 4.69) is 60.7 Å². The van der Waals surface area contributed by atoms with Gasteiger partial charge in [0.25, 0.3) is 0 Å². The minimum atomic E-state index is 0.464. The molecule has 0 bridgehead atoms. The van der Waals surface area contributed by atoms with Crippen molar-refractivity contribution in [2.75, 3.05) is 6.54 Å². The second-order valence-corrected chi connectivity index (χ2v) is 10.2. The largest absolute Gasteiger partial charge is 0.314 e. The molecular formula is C20H41N. The third-order valence-electron chi connectivity index (χ3n) is 5.56. The van der Waals surface area contributed by atoms with Gasteiger partial charge in [-0.3, -0.25) is 0 Å². The molecule has 1 aliphatic rings. The van der Waals surface area contributed by atoms with Crippen molar-refractivity contribution in [3.63, 3.8) is 0 Å². The van der Waals surface area contributed by atoms with E-state index in [-0.39, 0.29) is 0 Å². The fourth-order valence-electron chi connectivity index (χ4n) is 3.67. The summed E-state index contributed by atoms with van der Waals surface area (Å²) in [5.41, 5.74) is 1.51. The predicted molar refractivity (Wildman–Crippen MR) is 95.7 cm³/mol. The molecule has 0 aromatic rings. The standard InChI is InChI=1S/C20H41N/c1-16(2)21-15-20(14-13-18(3,4)5)11-9-17(10-12-20)19(6,7)8/h16-17,21H,9-15H2,1-8H3. The van der Waals surface area contributed by atoms with Crippen molar-refractivity contribution < 1.29 is 0 Å². The molecule has 21 heavy (non-hydrogen) atoms. The zero-order chi connectivity index (χ0) is 16.3. The van der Waals surface area contributed by atoms with Gasteiger partial charge in [-0.15, -0.1) is 0 Å². The van der Waals surface area contributed by atoms with E-state index in [1.807, 2.05) is 0 Å². The summed E-state index contributed by atoms with van der Waals surface area (Å²) in [6.07, 6.45) is 8.44. The van der Waals surface area contributed by atoms with Crippen molar-refractivity contribution in [2.24, 2.45) is 22.2 Å². The lowest BCUT2D eigenvalue weighted by Gasteiger charge is -2.45. The first-order valence-electron chi connectivity index (χ1n) is 9.17. The van der Waals surface area contributed by atoms with Gasteiger partial charge in [0, 0.05) is 12.6 Å². The lowest BCUT2D eigenvalue weighted by molar-refractivity contribution is 0.0688. The van der Waals surface area contributed by atoms with Gasteiger partial charge < -0.3 is 5.32 Å². The Bertz CT molecular complexity index is 295. The average Bonchev–Trinajstić information content (AvgIpc) is 2.33. The molecule has 0 saturated heterocycles. The van der Waals surface area contributed by atoms with Crippen LogP contribution in [0.15, 0.2) is 0 Å². The third kappa shape index (κ3) is 6.72. The van der Waals surface area contributed by atoms with Crippen molar-refractivity contribution in [1.82, 2.24) is 5.32 Å². The second-order valence-electron chi connectivity index (χ2n) is 10.2. The molecular weight excluding hydrogens is 254 g/mol. The molecule has 1 fully saturated rings. The van der Waals surface area contributed by atoms with E-state index >= 15 is 0 Å². The van der Waals surface area contributed by atoms with Crippen LogP contribution < -0.4 is 5.32 Å². The normalized spacial score (nSPS) is 28.1. The molecule has 126 valence electrons. The molecule has 0 aromatic carbocycles. The highest BCUT2D eigenvalue weighted by Crippen LogP contribution is 2.48. The van der Waals surface area contributed by atoms with E-state index in [1.165, 1.54) is 45.1 Å². The van der Waals surface area contributed by atoms with Gasteiger partial charge in [-0.05, 0) is 60.7 Å². The lowest BCUT2D eigenvalue weighted by atomic mass is 9.61. The van der Waals surface area contributed by atoms with Crippen LogP contribution >= 0.6 is 0 Å². The Morgan fingerprint density at radius 1 is 1.00 bits per heavy atom. The summed E-state index contributed by atoms with van der Waals surface area (Å²) in [6, 6.07) is 0.608. The highest BCUT2D eigenvalue weighted by molar-refractivity contribution is 4.91. The van der Waals surface area contributed by atoms with Crippen LogP contribution in [-0.4, -0.2) is 12.6 Å². The van der Waals surface area contributed by atoms with Crippen molar-refractivity contribution >= 4 is 0 Å². The summed E-state index contributed by atoms with van der Waals surface area (Å²) in [5, 5.41) is 3.75. The van der Waals surface area contributed by atoms with E-state index < -0.39 is 0 Å². The van der Waals surface area contributed by atoms with Gasteiger partial charge >= 0.3 is 0 Å². The molecule has 1 heteroatoms. The van der Waals surface area contributed by atoms with Crippen LogP contribution in [-0.2, 0) is 0 Å². The zero-order valence-corrected chi connectivity index (χ0v) is 16.1. The van der Waals surface area contributed by atoms with Crippen molar-refractivity contribution in [3.05, 3.63) is 0 Å². The first kappa shape index (κ1) is 19.0. The van der Waals surface area contributed by atoms with Gasteiger partial charge in [0.15, 0.2) is 0 Å². The number of hydrogen-bond acceptors (Lipinski definition) is 1. The molecule has 0 aromatic heterocycles. The summed E-state index contributed by atoms with van der Waals surface area (Å²) in [7, 11) is 0. The van der Waals surface area contributed by atoms with E-state index in [0.29, 0.717) is 22.3 Å². The maximum absolute atomic E-state index is 3.75. The Morgan fingerprint density at radius 3 is 1.90 bits per heavy atom. The molecule has 0 atom stereocenters. The maximum atomic E-state index is 3.75. The van der Waals surface area contributed by atoms with Crippen molar-refractivity contribution in [2.45, 2.75) is 100.0 Å². The van der Waals surface area contributed by atoms with Gasteiger partial charge in [0.1, 0.15) is 0 Å². The molecule has 0 amide bonds. The molecule has 0 spiro atoms. The lowest BCUT2D eigenvalue weighted by Crippen LogP contribution is -2.42. The first-order valence-corrected chi connectivity index (χ1v) is 9.17. The summed E-state index contributed by atoms with van der Waals surface area (Å²) in [6.45, 7) is 20.2. The van der Waals surface area contributed by atoms with E-state index in [9.17, 15) is 0 Å². The Hall–Kier alpha value is -0.0400. The highest BCUT2D eigenvalue weighted by Gasteiger charge is 2.38. The Kier molecular flexibility index (Phi) is 6.36. The molecule has 1 rings (SSSR count). The van der Waals surface area contributed by atoms with Crippen molar-refractivity contribution in [1.29, 1.82) is 0 Å². The first-order chi connectivity index (χ1) is 9.44. The molecule has 1 saturated carbocycles. The van der Waals surface area contributed by atoms with Gasteiger partial charge in [0.05, 0.1) is 0 Å². The van der Waals surface area contributed by atoms with E-state index in [4.69, 9.17) is 0 Å².